The maximum Gasteiger partial charge on any atom is 0.125 e. The number of nitrogens with two attached hydrogens (primary N) is 1. The highest BCUT2D eigenvalue weighted by Gasteiger charge is 1.97. The van der Waals surface area contributed by atoms with E-state index in [2.05, 4.69) is 29.3 Å². The molecule has 0 radical (unpaired) electrons. The van der Waals surface area contributed by atoms with E-state index in [0.29, 0.717) is 4.99 Å². The Morgan fingerprint density at radius 2 is 2.25 bits per heavy atom. The van der Waals surface area contributed by atoms with E-state index < -0.39 is 0 Å². The summed E-state index contributed by atoms with van der Waals surface area (Å²) in [6, 6.07) is 3.77. The van der Waals surface area contributed by atoms with E-state index in [9.17, 15) is 0 Å². The van der Waals surface area contributed by atoms with Crippen LogP contribution in [0.25, 0.3) is 0 Å². The van der Waals surface area contributed by atoms with Gasteiger partial charge in [0.05, 0.1) is 0 Å². The highest BCUT2D eigenvalue weighted by Crippen LogP contribution is 2.04. The molecule has 16 heavy (non-hydrogen) atoms. The Hall–Kier alpha value is -1.20. The van der Waals surface area contributed by atoms with Gasteiger partial charge in [-0.3, -0.25) is 0 Å². The van der Waals surface area contributed by atoms with Crippen LogP contribution < -0.4 is 11.1 Å². The van der Waals surface area contributed by atoms with Crippen LogP contribution in [0.2, 0.25) is 0 Å². The van der Waals surface area contributed by atoms with Crippen molar-refractivity contribution in [3.05, 3.63) is 23.9 Å². The average Bonchev–Trinajstić information content (AvgIpc) is 2.25. The standard InChI is InChI=1S/C11H18N4S/c1-15(2)7-3-6-13-10-5-4-9(8-14-10)11(12)16/h4-5,8H,3,6-7H2,1-2H3,(H2,12,16)(H,13,14). The summed E-state index contributed by atoms with van der Waals surface area (Å²) in [5.74, 6) is 0.860. The average molecular weight is 238 g/mol. The molecular formula is C11H18N4S. The van der Waals surface area contributed by atoms with Crippen LogP contribution in [-0.2, 0) is 0 Å². The molecule has 0 bridgehead atoms. The zero-order valence-electron chi connectivity index (χ0n) is 9.73. The van der Waals surface area contributed by atoms with E-state index in [1.54, 1.807) is 6.20 Å². The summed E-state index contributed by atoms with van der Waals surface area (Å²) in [6.07, 6.45) is 2.78. The van der Waals surface area contributed by atoms with Crippen LogP contribution in [0.1, 0.15) is 12.0 Å². The minimum Gasteiger partial charge on any atom is -0.389 e. The van der Waals surface area contributed by atoms with Crippen molar-refractivity contribution < 1.29 is 0 Å². The largest absolute Gasteiger partial charge is 0.389 e. The molecule has 0 saturated carbocycles. The van der Waals surface area contributed by atoms with E-state index in [4.69, 9.17) is 18.0 Å². The van der Waals surface area contributed by atoms with Gasteiger partial charge in [-0.2, -0.15) is 0 Å². The summed E-state index contributed by atoms with van der Waals surface area (Å²) in [6.45, 7) is 1.98. The lowest BCUT2D eigenvalue weighted by Crippen LogP contribution is -2.16. The summed E-state index contributed by atoms with van der Waals surface area (Å²) in [7, 11) is 4.13. The molecule has 0 aliphatic carbocycles. The van der Waals surface area contributed by atoms with Gasteiger partial charge in [-0.1, -0.05) is 12.2 Å². The van der Waals surface area contributed by atoms with E-state index >= 15 is 0 Å². The zero-order valence-corrected chi connectivity index (χ0v) is 10.5. The van der Waals surface area contributed by atoms with Gasteiger partial charge >= 0.3 is 0 Å². The second-order valence-corrected chi connectivity index (χ2v) is 4.32. The van der Waals surface area contributed by atoms with Gasteiger partial charge in [0, 0.05) is 18.3 Å². The molecule has 4 nitrogen and oxygen atoms in total. The van der Waals surface area contributed by atoms with Crippen molar-refractivity contribution in [2.24, 2.45) is 5.73 Å². The summed E-state index contributed by atoms with van der Waals surface area (Å²) in [5.41, 5.74) is 6.28. The first kappa shape index (κ1) is 12.9. The third-order valence-electron chi connectivity index (χ3n) is 2.14. The van der Waals surface area contributed by atoms with Gasteiger partial charge in [0.1, 0.15) is 10.8 Å². The monoisotopic (exact) mass is 238 g/mol. The maximum absolute atomic E-state index is 5.48. The Morgan fingerprint density at radius 1 is 1.50 bits per heavy atom. The number of pyridine rings is 1. The molecule has 88 valence electrons. The number of rotatable bonds is 6. The van der Waals surface area contributed by atoms with E-state index in [-0.39, 0.29) is 0 Å². The third kappa shape index (κ3) is 4.55. The fourth-order valence-corrected chi connectivity index (χ4v) is 1.38. The smallest absolute Gasteiger partial charge is 0.125 e. The predicted octanol–water partition coefficient (Wildman–Crippen LogP) is 1.08. The van der Waals surface area contributed by atoms with Crippen molar-refractivity contribution in [3.63, 3.8) is 0 Å². The molecule has 0 amide bonds. The number of hydrogen-bond acceptors (Lipinski definition) is 4. The van der Waals surface area contributed by atoms with Gasteiger partial charge in [-0.15, -0.1) is 0 Å². The second-order valence-electron chi connectivity index (χ2n) is 3.88. The first-order valence-corrected chi connectivity index (χ1v) is 5.65. The number of nitrogens with zero attached hydrogens (tertiary/aromatic N) is 2. The fraction of sp³-hybridized carbons (Fsp3) is 0.455. The Bertz CT molecular complexity index is 334. The van der Waals surface area contributed by atoms with Crippen molar-refractivity contribution >= 4 is 23.0 Å². The molecule has 0 saturated heterocycles. The highest BCUT2D eigenvalue weighted by molar-refractivity contribution is 7.80. The van der Waals surface area contributed by atoms with Gasteiger partial charge in [0.2, 0.25) is 0 Å². The molecule has 0 fully saturated rings. The Morgan fingerprint density at radius 3 is 2.75 bits per heavy atom. The molecule has 1 rings (SSSR count). The van der Waals surface area contributed by atoms with Gasteiger partial charge in [0.25, 0.3) is 0 Å². The van der Waals surface area contributed by atoms with Crippen LogP contribution in [0.5, 0.6) is 0 Å². The molecule has 1 heterocycles. The topological polar surface area (TPSA) is 54.2 Å². The maximum atomic E-state index is 5.48. The summed E-state index contributed by atoms with van der Waals surface area (Å²) in [4.78, 5) is 6.76. The van der Waals surface area contributed by atoms with Crippen LogP contribution in [0, 0.1) is 0 Å². The Labute approximate surface area is 102 Å². The lowest BCUT2D eigenvalue weighted by molar-refractivity contribution is 0.405. The highest BCUT2D eigenvalue weighted by atomic mass is 32.1. The van der Waals surface area contributed by atoms with Crippen molar-refractivity contribution in [2.75, 3.05) is 32.5 Å². The van der Waals surface area contributed by atoms with Crippen LogP contribution in [0.3, 0.4) is 0 Å². The van der Waals surface area contributed by atoms with Crippen LogP contribution in [0.15, 0.2) is 18.3 Å². The van der Waals surface area contributed by atoms with Crippen molar-refractivity contribution in [3.8, 4) is 0 Å². The third-order valence-corrected chi connectivity index (χ3v) is 2.37. The zero-order chi connectivity index (χ0) is 12.0. The predicted molar refractivity (Wildman–Crippen MR) is 71.8 cm³/mol. The summed E-state index contributed by atoms with van der Waals surface area (Å²) in [5, 5.41) is 3.24. The Kier molecular flexibility index (Phi) is 5.14. The molecular weight excluding hydrogens is 220 g/mol. The second kappa shape index (κ2) is 6.40. The number of aromatic nitrogens is 1. The lowest BCUT2D eigenvalue weighted by atomic mass is 10.3. The molecule has 0 atom stereocenters. The molecule has 0 spiro atoms. The molecule has 5 heteroatoms. The molecule has 3 N–H and O–H groups in total. The van der Waals surface area contributed by atoms with Crippen molar-refractivity contribution in [1.29, 1.82) is 0 Å². The fourth-order valence-electron chi connectivity index (χ4n) is 1.26. The Balaban J connectivity index is 2.35. The molecule has 0 unspecified atom stereocenters. The van der Waals surface area contributed by atoms with Gasteiger partial charge in [0.15, 0.2) is 0 Å². The van der Waals surface area contributed by atoms with Gasteiger partial charge < -0.3 is 16.0 Å². The quantitative estimate of drug-likeness (QED) is 0.574. The number of hydrogen-bond donors (Lipinski definition) is 2. The van der Waals surface area contributed by atoms with Crippen molar-refractivity contribution in [1.82, 2.24) is 9.88 Å². The summed E-state index contributed by atoms with van der Waals surface area (Å²) < 4.78 is 0. The van der Waals surface area contributed by atoms with Crippen LogP contribution >= 0.6 is 12.2 Å². The minimum atomic E-state index is 0.381. The number of thiocarbonyl (C=S) groups is 1. The normalized spacial score (nSPS) is 10.4. The SMILES string of the molecule is CN(C)CCCNc1ccc(C(N)=S)cn1. The van der Waals surface area contributed by atoms with Gasteiger partial charge in [-0.25, -0.2) is 4.98 Å². The summed E-state index contributed by atoms with van der Waals surface area (Å²) >= 11 is 4.85. The van der Waals surface area contributed by atoms with E-state index in [1.807, 2.05) is 12.1 Å². The number of nitrogens with one attached hydrogen (secondary N) is 1. The first-order valence-electron chi connectivity index (χ1n) is 5.24. The molecule has 1 aromatic rings. The molecule has 0 aliphatic heterocycles. The molecule has 0 aliphatic rings. The molecule has 0 aromatic carbocycles. The molecule has 1 aromatic heterocycles. The van der Waals surface area contributed by atoms with Crippen LogP contribution in [0.4, 0.5) is 5.82 Å². The van der Waals surface area contributed by atoms with Crippen LogP contribution in [-0.4, -0.2) is 42.1 Å². The van der Waals surface area contributed by atoms with E-state index in [1.165, 1.54) is 0 Å². The van der Waals surface area contributed by atoms with E-state index in [0.717, 1.165) is 30.9 Å². The minimum absolute atomic E-state index is 0.381. The van der Waals surface area contributed by atoms with Crippen molar-refractivity contribution in [2.45, 2.75) is 6.42 Å². The lowest BCUT2D eigenvalue weighted by Gasteiger charge is -2.10. The first-order chi connectivity index (χ1) is 7.59. The van der Waals surface area contributed by atoms with Gasteiger partial charge in [-0.05, 0) is 39.2 Å². The number of anilines is 1.